The highest BCUT2D eigenvalue weighted by Gasteiger charge is 2.08. The van der Waals surface area contributed by atoms with E-state index in [2.05, 4.69) is 22.2 Å². The maximum Gasteiger partial charge on any atom is 0.270 e. The molecule has 0 saturated heterocycles. The van der Waals surface area contributed by atoms with Crippen molar-refractivity contribution in [2.24, 2.45) is 0 Å². The van der Waals surface area contributed by atoms with Crippen LogP contribution in [0, 0.1) is 10.1 Å². The highest BCUT2D eigenvalue weighted by atomic mass is 16.6. The van der Waals surface area contributed by atoms with Gasteiger partial charge in [0.2, 0.25) is 5.91 Å². The zero-order chi connectivity index (χ0) is 17.4. The number of amides is 1. The number of aromatic nitrogens is 2. The fraction of sp³-hybridized carbons (Fsp3) is 0.235. The Morgan fingerprint density at radius 2 is 2.08 bits per heavy atom. The Hall–Kier alpha value is -3.09. The van der Waals surface area contributed by atoms with E-state index in [-0.39, 0.29) is 11.6 Å². The Bertz CT molecular complexity index is 742. The molecule has 0 saturated carbocycles. The van der Waals surface area contributed by atoms with Gasteiger partial charge in [-0.05, 0) is 12.5 Å². The molecule has 0 atom stereocenters. The van der Waals surface area contributed by atoms with Crippen LogP contribution in [0.3, 0.4) is 0 Å². The van der Waals surface area contributed by atoms with Crippen LogP contribution in [0.4, 0.5) is 5.69 Å². The topological polar surface area (TPSA) is 98.0 Å². The summed E-state index contributed by atoms with van der Waals surface area (Å²) in [6, 6.07) is 6.13. The van der Waals surface area contributed by atoms with Crippen molar-refractivity contribution in [1.82, 2.24) is 15.3 Å². The first-order chi connectivity index (χ1) is 11.6. The number of benzene rings is 1. The number of carbonyl (C=O) groups excluding carboxylic acids is 1. The summed E-state index contributed by atoms with van der Waals surface area (Å²) in [5.41, 5.74) is 1.23. The molecule has 1 amide bonds. The van der Waals surface area contributed by atoms with Gasteiger partial charge in [-0.1, -0.05) is 25.5 Å². The zero-order valence-corrected chi connectivity index (χ0v) is 13.3. The van der Waals surface area contributed by atoms with Crippen molar-refractivity contribution in [3.63, 3.8) is 0 Å². The molecule has 0 spiro atoms. The third-order valence-electron chi connectivity index (χ3n) is 3.24. The van der Waals surface area contributed by atoms with Gasteiger partial charge in [0.1, 0.15) is 0 Å². The summed E-state index contributed by atoms with van der Waals surface area (Å²) in [7, 11) is 0. The van der Waals surface area contributed by atoms with Gasteiger partial charge in [-0.15, -0.1) is 0 Å². The van der Waals surface area contributed by atoms with E-state index in [1.165, 1.54) is 18.2 Å². The lowest BCUT2D eigenvalue weighted by molar-refractivity contribution is -0.384. The quantitative estimate of drug-likeness (QED) is 0.365. The van der Waals surface area contributed by atoms with Gasteiger partial charge in [0.15, 0.2) is 5.82 Å². The average Bonchev–Trinajstić information content (AvgIpc) is 2.61. The first-order valence-electron chi connectivity index (χ1n) is 7.63. The van der Waals surface area contributed by atoms with E-state index < -0.39 is 4.92 Å². The fourth-order valence-electron chi connectivity index (χ4n) is 1.95. The van der Waals surface area contributed by atoms with Crippen molar-refractivity contribution in [1.29, 1.82) is 0 Å². The molecule has 7 heteroatoms. The SMILES string of the molecule is CCCCNC(=O)/C=C/c1cnc(-c2cccc([N+](=O)[O-])c2)nc1. The van der Waals surface area contributed by atoms with Crippen LogP contribution in [0.25, 0.3) is 17.5 Å². The summed E-state index contributed by atoms with van der Waals surface area (Å²) in [5, 5.41) is 13.6. The van der Waals surface area contributed by atoms with E-state index >= 15 is 0 Å². The monoisotopic (exact) mass is 326 g/mol. The van der Waals surface area contributed by atoms with Gasteiger partial charge in [0.25, 0.3) is 5.69 Å². The van der Waals surface area contributed by atoms with Gasteiger partial charge in [-0.25, -0.2) is 9.97 Å². The Morgan fingerprint density at radius 1 is 1.33 bits per heavy atom. The first kappa shape index (κ1) is 17.3. The maximum absolute atomic E-state index is 11.6. The Morgan fingerprint density at radius 3 is 2.75 bits per heavy atom. The number of nitrogens with one attached hydrogen (secondary N) is 1. The number of rotatable bonds is 7. The normalized spacial score (nSPS) is 10.7. The highest BCUT2D eigenvalue weighted by Crippen LogP contribution is 2.20. The molecule has 1 heterocycles. The second-order valence-electron chi connectivity index (χ2n) is 5.13. The second-order valence-corrected chi connectivity index (χ2v) is 5.13. The number of nitrogens with zero attached hydrogens (tertiary/aromatic N) is 3. The van der Waals surface area contributed by atoms with Crippen LogP contribution < -0.4 is 5.32 Å². The molecule has 0 aliphatic heterocycles. The second kappa shape index (κ2) is 8.52. The number of hydrogen-bond donors (Lipinski definition) is 1. The van der Waals surface area contributed by atoms with Crippen molar-refractivity contribution in [3.8, 4) is 11.4 Å². The molecule has 2 rings (SSSR count). The molecule has 1 N–H and O–H groups in total. The molecule has 7 nitrogen and oxygen atoms in total. The van der Waals surface area contributed by atoms with Crippen molar-refractivity contribution < 1.29 is 9.72 Å². The van der Waals surface area contributed by atoms with Crippen LogP contribution in [0.1, 0.15) is 25.3 Å². The van der Waals surface area contributed by atoms with E-state index in [1.54, 1.807) is 30.6 Å². The van der Waals surface area contributed by atoms with Gasteiger partial charge >= 0.3 is 0 Å². The first-order valence-corrected chi connectivity index (χ1v) is 7.63. The number of hydrogen-bond acceptors (Lipinski definition) is 5. The highest BCUT2D eigenvalue weighted by molar-refractivity contribution is 5.91. The summed E-state index contributed by atoms with van der Waals surface area (Å²) in [4.78, 5) is 30.3. The molecule has 0 bridgehead atoms. The van der Waals surface area contributed by atoms with Crippen LogP contribution in [0.2, 0.25) is 0 Å². The predicted octanol–water partition coefficient (Wildman–Crippen LogP) is 2.98. The average molecular weight is 326 g/mol. The number of carbonyl (C=O) groups is 1. The molecule has 0 aliphatic carbocycles. The lowest BCUT2D eigenvalue weighted by Gasteiger charge is -2.01. The lowest BCUT2D eigenvalue weighted by Crippen LogP contribution is -2.21. The summed E-state index contributed by atoms with van der Waals surface area (Å²) in [5.74, 6) is 0.231. The summed E-state index contributed by atoms with van der Waals surface area (Å²) >= 11 is 0. The van der Waals surface area contributed by atoms with Crippen LogP contribution in [-0.2, 0) is 4.79 Å². The minimum Gasteiger partial charge on any atom is -0.353 e. The molecule has 0 aliphatic rings. The van der Waals surface area contributed by atoms with E-state index in [4.69, 9.17) is 0 Å². The maximum atomic E-state index is 11.6. The van der Waals surface area contributed by atoms with Crippen molar-refractivity contribution in [2.45, 2.75) is 19.8 Å². The number of nitro benzene ring substituents is 1. The van der Waals surface area contributed by atoms with E-state index in [1.807, 2.05) is 0 Å². The lowest BCUT2D eigenvalue weighted by atomic mass is 10.2. The van der Waals surface area contributed by atoms with E-state index in [0.29, 0.717) is 23.5 Å². The van der Waals surface area contributed by atoms with Crippen molar-refractivity contribution >= 4 is 17.7 Å². The molecule has 124 valence electrons. The Kier molecular flexibility index (Phi) is 6.13. The number of non-ortho nitro benzene ring substituents is 1. The van der Waals surface area contributed by atoms with Gasteiger partial charge < -0.3 is 5.32 Å². The molecule has 1 aromatic heterocycles. The Balaban J connectivity index is 2.04. The van der Waals surface area contributed by atoms with Gasteiger partial charge in [-0.3, -0.25) is 14.9 Å². The third kappa shape index (κ3) is 4.98. The third-order valence-corrected chi connectivity index (χ3v) is 3.24. The van der Waals surface area contributed by atoms with Crippen molar-refractivity contribution in [3.05, 3.63) is 58.4 Å². The number of nitro groups is 1. The van der Waals surface area contributed by atoms with Crippen LogP contribution in [0.15, 0.2) is 42.7 Å². The summed E-state index contributed by atoms with van der Waals surface area (Å²) in [6.45, 7) is 2.71. The molecular weight excluding hydrogens is 308 g/mol. The molecule has 24 heavy (non-hydrogen) atoms. The van der Waals surface area contributed by atoms with Gasteiger partial charge in [-0.2, -0.15) is 0 Å². The largest absolute Gasteiger partial charge is 0.353 e. The van der Waals surface area contributed by atoms with Crippen LogP contribution >= 0.6 is 0 Å². The number of unbranched alkanes of at least 4 members (excludes halogenated alkanes) is 1. The van der Waals surface area contributed by atoms with E-state index in [0.717, 1.165) is 12.8 Å². The van der Waals surface area contributed by atoms with Crippen molar-refractivity contribution in [2.75, 3.05) is 6.54 Å². The van der Waals surface area contributed by atoms with Gasteiger partial charge in [0.05, 0.1) is 4.92 Å². The zero-order valence-electron chi connectivity index (χ0n) is 13.3. The summed E-state index contributed by atoms with van der Waals surface area (Å²) in [6.07, 6.45) is 8.16. The molecule has 1 aromatic carbocycles. The van der Waals surface area contributed by atoms with Crippen LogP contribution in [-0.4, -0.2) is 27.3 Å². The standard InChI is InChI=1S/C17H18N4O3/c1-2-3-9-18-16(22)8-7-13-11-19-17(20-12-13)14-5-4-6-15(10-14)21(23)24/h4-8,10-12H,2-3,9H2,1H3,(H,18,22)/b8-7+. The van der Waals surface area contributed by atoms with E-state index in [9.17, 15) is 14.9 Å². The molecule has 0 fully saturated rings. The summed E-state index contributed by atoms with van der Waals surface area (Å²) < 4.78 is 0. The molecule has 0 unspecified atom stereocenters. The molecular formula is C17H18N4O3. The smallest absolute Gasteiger partial charge is 0.270 e. The Labute approximate surface area is 139 Å². The van der Waals surface area contributed by atoms with Crippen LogP contribution in [0.5, 0.6) is 0 Å². The minimum absolute atomic E-state index is 0.0103. The molecule has 2 aromatic rings. The van der Waals surface area contributed by atoms with Gasteiger partial charge in [0, 0.05) is 48.3 Å². The molecule has 0 radical (unpaired) electrons. The predicted molar refractivity (Wildman–Crippen MR) is 91.1 cm³/mol. The minimum atomic E-state index is -0.461. The fourth-order valence-corrected chi connectivity index (χ4v) is 1.95.